The van der Waals surface area contributed by atoms with Crippen molar-refractivity contribution in [3.05, 3.63) is 77.1 Å². The number of aromatic nitrogens is 1. The second-order valence-electron chi connectivity index (χ2n) is 7.18. The molecule has 2 bridgehead atoms. The normalized spacial score (nSPS) is 21.5. The standard InChI is InChI=1S/C22H24N2O3/c1-16-6-5-9-19(23-16)10-18-11-20-14-26-15-21(12-18)24(20)22(25)27-13-17-7-3-2-4-8-17/h2-9,11,20-21H,10,12-15H2,1H3. The first-order valence-electron chi connectivity index (χ1n) is 9.38. The molecule has 140 valence electrons. The molecule has 0 saturated carbocycles. The zero-order chi connectivity index (χ0) is 18.6. The van der Waals surface area contributed by atoms with E-state index in [0.717, 1.165) is 29.8 Å². The molecule has 2 aromatic rings. The minimum atomic E-state index is -0.263. The number of amides is 1. The Bertz CT molecular complexity index is 834. The molecule has 27 heavy (non-hydrogen) atoms. The van der Waals surface area contributed by atoms with E-state index in [0.29, 0.717) is 19.8 Å². The van der Waals surface area contributed by atoms with Crippen molar-refractivity contribution in [2.45, 2.75) is 38.5 Å². The third-order valence-electron chi connectivity index (χ3n) is 5.05. The van der Waals surface area contributed by atoms with E-state index < -0.39 is 0 Å². The zero-order valence-corrected chi connectivity index (χ0v) is 15.5. The van der Waals surface area contributed by atoms with E-state index in [1.54, 1.807) is 0 Å². The fourth-order valence-electron chi connectivity index (χ4n) is 3.82. The zero-order valence-electron chi connectivity index (χ0n) is 15.5. The van der Waals surface area contributed by atoms with Gasteiger partial charge in [0.05, 0.1) is 25.3 Å². The maximum absolute atomic E-state index is 12.7. The summed E-state index contributed by atoms with van der Waals surface area (Å²) in [6.07, 6.45) is 3.51. The van der Waals surface area contributed by atoms with E-state index in [2.05, 4.69) is 17.1 Å². The third kappa shape index (κ3) is 4.19. The number of ether oxygens (including phenoxy) is 2. The molecule has 0 aliphatic carbocycles. The number of aryl methyl sites for hydroxylation is 1. The first-order valence-corrected chi connectivity index (χ1v) is 9.38. The average Bonchev–Trinajstić information content (AvgIpc) is 2.66. The van der Waals surface area contributed by atoms with Crippen molar-refractivity contribution in [3.63, 3.8) is 0 Å². The minimum absolute atomic E-state index is 0.0248. The first-order chi connectivity index (χ1) is 13.2. The maximum atomic E-state index is 12.7. The van der Waals surface area contributed by atoms with Gasteiger partial charge >= 0.3 is 6.09 Å². The molecule has 2 aliphatic rings. The molecule has 0 radical (unpaired) electrons. The summed E-state index contributed by atoms with van der Waals surface area (Å²) in [5.41, 5.74) is 4.41. The van der Waals surface area contributed by atoms with E-state index in [1.807, 2.05) is 54.3 Å². The number of carbonyl (C=O) groups is 1. The largest absolute Gasteiger partial charge is 0.445 e. The van der Waals surface area contributed by atoms with E-state index in [9.17, 15) is 4.79 Å². The Labute approximate surface area is 159 Å². The lowest BCUT2D eigenvalue weighted by atomic mass is 9.91. The minimum Gasteiger partial charge on any atom is -0.445 e. The highest BCUT2D eigenvalue weighted by molar-refractivity contribution is 5.69. The Morgan fingerprint density at radius 1 is 1.19 bits per heavy atom. The van der Waals surface area contributed by atoms with Gasteiger partial charge in [-0.2, -0.15) is 0 Å². The summed E-state index contributed by atoms with van der Waals surface area (Å²) in [4.78, 5) is 19.1. The average molecular weight is 364 g/mol. The van der Waals surface area contributed by atoms with Gasteiger partial charge in [-0.3, -0.25) is 9.88 Å². The lowest BCUT2D eigenvalue weighted by molar-refractivity contribution is -0.0374. The molecular weight excluding hydrogens is 340 g/mol. The summed E-state index contributed by atoms with van der Waals surface area (Å²) in [6.45, 7) is 3.36. The first kappa shape index (κ1) is 17.7. The van der Waals surface area contributed by atoms with Crippen LogP contribution in [0.5, 0.6) is 0 Å². The van der Waals surface area contributed by atoms with Gasteiger partial charge in [0.15, 0.2) is 0 Å². The summed E-state index contributed by atoms with van der Waals surface area (Å²) in [6, 6.07) is 15.8. The molecule has 1 aromatic heterocycles. The van der Waals surface area contributed by atoms with Crippen LogP contribution in [-0.4, -0.2) is 41.3 Å². The Morgan fingerprint density at radius 2 is 2.04 bits per heavy atom. The molecule has 1 amide bonds. The highest BCUT2D eigenvalue weighted by atomic mass is 16.6. The number of nitrogens with zero attached hydrogens (tertiary/aromatic N) is 2. The number of pyridine rings is 1. The molecule has 5 heteroatoms. The van der Waals surface area contributed by atoms with Gasteiger partial charge in [-0.1, -0.05) is 48.0 Å². The van der Waals surface area contributed by atoms with Crippen molar-refractivity contribution in [1.29, 1.82) is 0 Å². The van der Waals surface area contributed by atoms with Crippen LogP contribution in [-0.2, 0) is 22.5 Å². The van der Waals surface area contributed by atoms with Crippen molar-refractivity contribution in [2.75, 3.05) is 13.2 Å². The van der Waals surface area contributed by atoms with Gasteiger partial charge in [0, 0.05) is 17.8 Å². The molecule has 1 fully saturated rings. The maximum Gasteiger partial charge on any atom is 0.411 e. The fourth-order valence-corrected chi connectivity index (χ4v) is 3.82. The molecule has 5 nitrogen and oxygen atoms in total. The van der Waals surface area contributed by atoms with Crippen LogP contribution >= 0.6 is 0 Å². The lowest BCUT2D eigenvalue weighted by Crippen LogP contribution is -2.56. The van der Waals surface area contributed by atoms with Crippen LogP contribution in [0.25, 0.3) is 0 Å². The molecule has 0 spiro atoms. The van der Waals surface area contributed by atoms with Gasteiger partial charge in [0.2, 0.25) is 0 Å². The Morgan fingerprint density at radius 3 is 2.81 bits per heavy atom. The van der Waals surface area contributed by atoms with Crippen molar-refractivity contribution in [2.24, 2.45) is 0 Å². The summed E-state index contributed by atoms with van der Waals surface area (Å²) in [5.74, 6) is 0. The van der Waals surface area contributed by atoms with E-state index in [1.165, 1.54) is 5.57 Å². The van der Waals surface area contributed by atoms with Crippen molar-refractivity contribution in [1.82, 2.24) is 9.88 Å². The molecule has 2 aliphatic heterocycles. The quantitative estimate of drug-likeness (QED) is 0.777. The van der Waals surface area contributed by atoms with Gasteiger partial charge in [0.1, 0.15) is 6.61 Å². The highest BCUT2D eigenvalue weighted by Crippen LogP contribution is 2.29. The van der Waals surface area contributed by atoms with Crippen LogP contribution in [0.4, 0.5) is 4.79 Å². The van der Waals surface area contributed by atoms with Crippen LogP contribution in [0.15, 0.2) is 60.2 Å². The van der Waals surface area contributed by atoms with Gasteiger partial charge in [-0.25, -0.2) is 4.79 Å². The number of carbonyl (C=O) groups excluding carboxylic acids is 1. The van der Waals surface area contributed by atoms with Gasteiger partial charge in [-0.05, 0) is 31.0 Å². The predicted molar refractivity (Wildman–Crippen MR) is 102 cm³/mol. The summed E-state index contributed by atoms with van der Waals surface area (Å²) >= 11 is 0. The van der Waals surface area contributed by atoms with E-state index >= 15 is 0 Å². The molecule has 2 unspecified atom stereocenters. The molecular formula is C22H24N2O3. The lowest BCUT2D eigenvalue weighted by Gasteiger charge is -2.43. The molecule has 3 heterocycles. The number of hydrogen-bond acceptors (Lipinski definition) is 4. The van der Waals surface area contributed by atoms with E-state index in [4.69, 9.17) is 9.47 Å². The van der Waals surface area contributed by atoms with Crippen LogP contribution in [0.2, 0.25) is 0 Å². The second kappa shape index (κ2) is 7.92. The number of morpholine rings is 1. The highest BCUT2D eigenvalue weighted by Gasteiger charge is 2.38. The smallest absolute Gasteiger partial charge is 0.411 e. The van der Waals surface area contributed by atoms with Gasteiger partial charge < -0.3 is 9.47 Å². The van der Waals surface area contributed by atoms with Crippen molar-refractivity contribution < 1.29 is 14.3 Å². The molecule has 2 atom stereocenters. The number of rotatable bonds is 4. The molecule has 4 rings (SSSR count). The Balaban J connectivity index is 1.44. The topological polar surface area (TPSA) is 51.7 Å². The van der Waals surface area contributed by atoms with Crippen LogP contribution < -0.4 is 0 Å². The number of fused-ring (bicyclic) bond motifs is 2. The SMILES string of the molecule is Cc1cccc(CC2=CC3COCC(C2)N3C(=O)OCc2ccccc2)n1. The predicted octanol–water partition coefficient (Wildman–Crippen LogP) is 3.67. The third-order valence-corrected chi connectivity index (χ3v) is 5.05. The van der Waals surface area contributed by atoms with Crippen LogP contribution in [0, 0.1) is 6.92 Å². The Hall–Kier alpha value is -2.66. The number of hydrogen-bond donors (Lipinski definition) is 0. The van der Waals surface area contributed by atoms with Gasteiger partial charge in [-0.15, -0.1) is 0 Å². The van der Waals surface area contributed by atoms with Crippen molar-refractivity contribution >= 4 is 6.09 Å². The molecule has 1 saturated heterocycles. The molecule has 1 aromatic carbocycles. The van der Waals surface area contributed by atoms with E-state index in [-0.39, 0.29) is 18.2 Å². The van der Waals surface area contributed by atoms with Crippen LogP contribution in [0.1, 0.15) is 23.4 Å². The molecule has 0 N–H and O–H groups in total. The van der Waals surface area contributed by atoms with Gasteiger partial charge in [0.25, 0.3) is 0 Å². The second-order valence-corrected chi connectivity index (χ2v) is 7.18. The fraction of sp³-hybridized carbons (Fsp3) is 0.364. The monoisotopic (exact) mass is 364 g/mol. The summed E-state index contributed by atoms with van der Waals surface area (Å²) in [7, 11) is 0. The number of benzene rings is 1. The summed E-state index contributed by atoms with van der Waals surface area (Å²) in [5, 5.41) is 0. The summed E-state index contributed by atoms with van der Waals surface area (Å²) < 4.78 is 11.3. The Kier molecular flexibility index (Phi) is 5.21. The van der Waals surface area contributed by atoms with Crippen LogP contribution in [0.3, 0.4) is 0 Å². The van der Waals surface area contributed by atoms with Crippen molar-refractivity contribution in [3.8, 4) is 0 Å².